The Bertz CT molecular complexity index is 118. The van der Waals surface area contributed by atoms with Gasteiger partial charge in [-0.1, -0.05) is 6.08 Å². The van der Waals surface area contributed by atoms with Crippen molar-refractivity contribution in [3.63, 3.8) is 0 Å². The van der Waals surface area contributed by atoms with Crippen molar-refractivity contribution in [2.24, 2.45) is 0 Å². The van der Waals surface area contributed by atoms with Crippen molar-refractivity contribution in [3.05, 3.63) is 12.7 Å². The average molecular weight is 141 g/mol. The summed E-state index contributed by atoms with van der Waals surface area (Å²) in [5.74, 6) is 0.282. The zero-order valence-corrected chi connectivity index (χ0v) is 6.76. The number of hydrogen-bond donors (Lipinski definition) is 0. The first-order valence-electron chi connectivity index (χ1n) is 3.44. The average Bonchev–Trinajstić information content (AvgIpc) is 1.82. The Morgan fingerprint density at radius 2 is 2.20 bits per heavy atom. The van der Waals surface area contributed by atoms with Crippen LogP contribution in [0.3, 0.4) is 0 Å². The van der Waals surface area contributed by atoms with Gasteiger partial charge >= 0.3 is 0 Å². The molecule has 0 saturated heterocycles. The van der Waals surface area contributed by atoms with Gasteiger partial charge in [-0.15, -0.1) is 6.58 Å². The minimum absolute atomic E-state index is 0.282. The highest BCUT2D eigenvalue weighted by Gasteiger charge is 2.00. The highest BCUT2D eigenvalue weighted by Crippen LogP contribution is 1.91. The fourth-order valence-corrected chi connectivity index (χ4v) is 0.695. The standard InChI is InChI=1S/C8H15NO/c1-4-5-6-8(10)7-9(2)3/h4H,1,5-7H2,2-3H3. The van der Waals surface area contributed by atoms with Crippen LogP contribution in [0.4, 0.5) is 0 Å². The van der Waals surface area contributed by atoms with Gasteiger partial charge in [0.2, 0.25) is 0 Å². The van der Waals surface area contributed by atoms with Gasteiger partial charge in [-0.25, -0.2) is 0 Å². The predicted octanol–water partition coefficient (Wildman–Crippen LogP) is 1.08. The van der Waals surface area contributed by atoms with E-state index >= 15 is 0 Å². The maximum absolute atomic E-state index is 10.9. The number of nitrogens with zero attached hydrogens (tertiary/aromatic N) is 1. The van der Waals surface area contributed by atoms with E-state index in [0.29, 0.717) is 13.0 Å². The zero-order chi connectivity index (χ0) is 7.98. The minimum Gasteiger partial charge on any atom is -0.302 e. The summed E-state index contributed by atoms with van der Waals surface area (Å²) in [7, 11) is 3.79. The predicted molar refractivity (Wildman–Crippen MR) is 43.0 cm³/mol. The highest BCUT2D eigenvalue weighted by atomic mass is 16.1. The molecule has 0 N–H and O–H groups in total. The van der Waals surface area contributed by atoms with E-state index in [1.807, 2.05) is 19.0 Å². The number of likely N-dealkylation sites (N-methyl/N-ethyl adjacent to an activating group) is 1. The Morgan fingerprint density at radius 3 is 2.60 bits per heavy atom. The molecule has 0 heterocycles. The number of Topliss-reactive ketones (excluding diaryl/α,β-unsaturated/α-hetero) is 1. The first-order chi connectivity index (χ1) is 4.66. The summed E-state index contributed by atoms with van der Waals surface area (Å²) in [5, 5.41) is 0. The molecule has 0 fully saturated rings. The fraction of sp³-hybridized carbons (Fsp3) is 0.625. The number of ketones is 1. The summed E-state index contributed by atoms with van der Waals surface area (Å²) in [5.41, 5.74) is 0. The van der Waals surface area contributed by atoms with Crippen LogP contribution in [0, 0.1) is 0 Å². The van der Waals surface area contributed by atoms with Crippen LogP contribution < -0.4 is 0 Å². The van der Waals surface area contributed by atoms with Gasteiger partial charge in [-0.05, 0) is 20.5 Å². The van der Waals surface area contributed by atoms with Crippen molar-refractivity contribution in [2.45, 2.75) is 12.8 Å². The minimum atomic E-state index is 0.282. The molecule has 58 valence electrons. The van der Waals surface area contributed by atoms with Crippen LogP contribution >= 0.6 is 0 Å². The summed E-state index contributed by atoms with van der Waals surface area (Å²) >= 11 is 0. The zero-order valence-electron chi connectivity index (χ0n) is 6.76. The first kappa shape index (κ1) is 9.37. The van der Waals surface area contributed by atoms with Gasteiger partial charge in [0.15, 0.2) is 0 Å². The van der Waals surface area contributed by atoms with Crippen LogP contribution in [-0.2, 0) is 4.79 Å². The van der Waals surface area contributed by atoms with E-state index in [1.165, 1.54) is 0 Å². The summed E-state index contributed by atoms with van der Waals surface area (Å²) in [6.45, 7) is 4.10. The van der Waals surface area contributed by atoms with E-state index < -0.39 is 0 Å². The maximum atomic E-state index is 10.9. The molecule has 2 nitrogen and oxygen atoms in total. The third kappa shape index (κ3) is 5.51. The molecule has 0 spiro atoms. The van der Waals surface area contributed by atoms with E-state index in [2.05, 4.69) is 6.58 Å². The van der Waals surface area contributed by atoms with Gasteiger partial charge in [0.25, 0.3) is 0 Å². The molecule has 0 aliphatic rings. The third-order valence-electron chi connectivity index (χ3n) is 1.12. The molecule has 0 aromatic rings. The summed E-state index contributed by atoms with van der Waals surface area (Å²) in [4.78, 5) is 12.8. The lowest BCUT2D eigenvalue weighted by molar-refractivity contribution is -0.119. The second kappa shape index (κ2) is 5.18. The molecule has 10 heavy (non-hydrogen) atoms. The SMILES string of the molecule is C=CCCC(=O)CN(C)C. The van der Waals surface area contributed by atoms with Crippen LogP contribution in [0.1, 0.15) is 12.8 Å². The van der Waals surface area contributed by atoms with E-state index in [1.54, 1.807) is 6.08 Å². The van der Waals surface area contributed by atoms with Crippen LogP contribution in [0.25, 0.3) is 0 Å². The molecule has 0 radical (unpaired) electrons. The molecule has 0 atom stereocenters. The molecule has 0 aliphatic carbocycles. The van der Waals surface area contributed by atoms with Crippen molar-refractivity contribution >= 4 is 5.78 Å². The smallest absolute Gasteiger partial charge is 0.147 e. The quantitative estimate of drug-likeness (QED) is 0.534. The van der Waals surface area contributed by atoms with Gasteiger partial charge in [0, 0.05) is 6.42 Å². The Balaban J connectivity index is 3.34. The molecule has 0 unspecified atom stereocenters. The number of rotatable bonds is 5. The molecule has 0 aliphatic heterocycles. The molecule has 0 aromatic heterocycles. The lowest BCUT2D eigenvalue weighted by Crippen LogP contribution is -2.21. The van der Waals surface area contributed by atoms with E-state index in [-0.39, 0.29) is 5.78 Å². The second-order valence-corrected chi connectivity index (χ2v) is 2.60. The molecular formula is C8H15NO. The molecule has 0 rings (SSSR count). The maximum Gasteiger partial charge on any atom is 0.147 e. The van der Waals surface area contributed by atoms with Crippen molar-refractivity contribution in [2.75, 3.05) is 20.6 Å². The number of carbonyl (C=O) groups is 1. The molecule has 0 aromatic carbocycles. The van der Waals surface area contributed by atoms with Crippen LogP contribution in [0.5, 0.6) is 0 Å². The van der Waals surface area contributed by atoms with Crippen LogP contribution in [0.2, 0.25) is 0 Å². The van der Waals surface area contributed by atoms with Gasteiger partial charge in [0.1, 0.15) is 5.78 Å². The van der Waals surface area contributed by atoms with Crippen molar-refractivity contribution in [3.8, 4) is 0 Å². The number of hydrogen-bond acceptors (Lipinski definition) is 2. The van der Waals surface area contributed by atoms with Crippen molar-refractivity contribution in [1.82, 2.24) is 4.90 Å². The molecule has 0 bridgehead atoms. The van der Waals surface area contributed by atoms with Crippen molar-refractivity contribution in [1.29, 1.82) is 0 Å². The molecule has 0 amide bonds. The summed E-state index contributed by atoms with van der Waals surface area (Å²) < 4.78 is 0. The van der Waals surface area contributed by atoms with Crippen LogP contribution in [-0.4, -0.2) is 31.3 Å². The Morgan fingerprint density at radius 1 is 1.60 bits per heavy atom. The van der Waals surface area contributed by atoms with Gasteiger partial charge in [-0.2, -0.15) is 0 Å². The normalized spacial score (nSPS) is 9.90. The Hall–Kier alpha value is -0.630. The Kier molecular flexibility index (Phi) is 4.85. The first-order valence-corrected chi connectivity index (χ1v) is 3.44. The summed E-state index contributed by atoms with van der Waals surface area (Å²) in [6.07, 6.45) is 3.20. The van der Waals surface area contributed by atoms with E-state index in [0.717, 1.165) is 6.42 Å². The number of allylic oxidation sites excluding steroid dienone is 1. The third-order valence-corrected chi connectivity index (χ3v) is 1.12. The van der Waals surface area contributed by atoms with Crippen molar-refractivity contribution < 1.29 is 4.79 Å². The molecular weight excluding hydrogens is 126 g/mol. The van der Waals surface area contributed by atoms with Gasteiger partial charge in [0.05, 0.1) is 6.54 Å². The summed E-state index contributed by atoms with van der Waals surface area (Å²) in [6, 6.07) is 0. The highest BCUT2D eigenvalue weighted by molar-refractivity contribution is 5.80. The Labute approximate surface area is 62.5 Å². The monoisotopic (exact) mass is 141 g/mol. The molecule has 0 saturated carbocycles. The van der Waals surface area contributed by atoms with Gasteiger partial charge in [-0.3, -0.25) is 4.79 Å². The fourth-order valence-electron chi connectivity index (χ4n) is 0.695. The lowest BCUT2D eigenvalue weighted by Gasteiger charge is -2.06. The van der Waals surface area contributed by atoms with Gasteiger partial charge < -0.3 is 4.90 Å². The second-order valence-electron chi connectivity index (χ2n) is 2.60. The largest absolute Gasteiger partial charge is 0.302 e. The van der Waals surface area contributed by atoms with E-state index in [9.17, 15) is 4.79 Å². The lowest BCUT2D eigenvalue weighted by atomic mass is 10.2. The van der Waals surface area contributed by atoms with Crippen LogP contribution in [0.15, 0.2) is 12.7 Å². The topological polar surface area (TPSA) is 20.3 Å². The van der Waals surface area contributed by atoms with E-state index in [4.69, 9.17) is 0 Å². The number of carbonyl (C=O) groups excluding carboxylic acids is 1. The molecule has 2 heteroatoms.